The van der Waals surface area contributed by atoms with E-state index >= 15 is 0 Å². The van der Waals surface area contributed by atoms with Crippen LogP contribution in [0.4, 0.5) is 0 Å². The first-order chi connectivity index (χ1) is 10.6. The lowest BCUT2D eigenvalue weighted by molar-refractivity contribution is 0.101. The molecule has 0 amide bonds. The summed E-state index contributed by atoms with van der Waals surface area (Å²) in [5.41, 5.74) is 9.00. The van der Waals surface area contributed by atoms with Gasteiger partial charge in [-0.1, -0.05) is 24.3 Å². The molecule has 0 radical (unpaired) electrons. The molecule has 2 aromatic carbocycles. The van der Waals surface area contributed by atoms with E-state index in [1.807, 2.05) is 12.1 Å². The number of aromatic hydroxyl groups is 1. The van der Waals surface area contributed by atoms with E-state index in [2.05, 4.69) is 0 Å². The van der Waals surface area contributed by atoms with E-state index in [1.165, 1.54) is 6.92 Å². The first-order valence-electron chi connectivity index (χ1n) is 7.43. The van der Waals surface area contributed by atoms with E-state index < -0.39 is 0 Å². The van der Waals surface area contributed by atoms with Crippen molar-refractivity contribution in [3.8, 4) is 22.6 Å². The summed E-state index contributed by atoms with van der Waals surface area (Å²) in [7, 11) is 0. The van der Waals surface area contributed by atoms with Crippen LogP contribution in [0.1, 0.15) is 29.3 Å². The van der Waals surface area contributed by atoms with Gasteiger partial charge in [0.2, 0.25) is 0 Å². The van der Waals surface area contributed by atoms with Gasteiger partial charge in [0.15, 0.2) is 5.78 Å². The number of hydrogen-bond acceptors (Lipinski definition) is 4. The third kappa shape index (κ3) is 2.57. The highest BCUT2D eigenvalue weighted by Crippen LogP contribution is 2.41. The Bertz CT molecular complexity index is 707. The Morgan fingerprint density at radius 1 is 1.27 bits per heavy atom. The molecule has 0 aliphatic carbocycles. The molecule has 22 heavy (non-hydrogen) atoms. The van der Waals surface area contributed by atoms with Crippen molar-refractivity contribution in [3.63, 3.8) is 0 Å². The third-order valence-corrected chi connectivity index (χ3v) is 4.10. The van der Waals surface area contributed by atoms with Crippen molar-refractivity contribution in [1.29, 1.82) is 0 Å². The van der Waals surface area contributed by atoms with Crippen LogP contribution in [0.3, 0.4) is 0 Å². The minimum absolute atomic E-state index is 0.0278. The van der Waals surface area contributed by atoms with E-state index in [0.717, 1.165) is 35.3 Å². The molecule has 1 atom stereocenters. The zero-order valence-corrected chi connectivity index (χ0v) is 12.5. The molecule has 0 aromatic heterocycles. The number of carbonyl (C=O) groups is 1. The number of nitrogens with two attached hydrogens (primary N) is 1. The SMILES string of the molecule is CC(=O)c1ccc(-c2c(O)ccc3c2CCC(CN)O3)cc1. The normalized spacial score (nSPS) is 16.7. The smallest absolute Gasteiger partial charge is 0.159 e. The molecule has 1 unspecified atom stereocenters. The van der Waals surface area contributed by atoms with Gasteiger partial charge in [0.25, 0.3) is 0 Å². The van der Waals surface area contributed by atoms with E-state index in [4.69, 9.17) is 10.5 Å². The number of ketones is 1. The standard InChI is InChI=1S/C18H19NO3/c1-11(20)12-2-4-13(5-3-12)18-15-7-6-14(10-19)22-17(15)9-8-16(18)21/h2-5,8-9,14,21H,6-7,10,19H2,1H3. The largest absolute Gasteiger partial charge is 0.507 e. The lowest BCUT2D eigenvalue weighted by Gasteiger charge is -2.27. The first-order valence-corrected chi connectivity index (χ1v) is 7.43. The number of phenols is 1. The fourth-order valence-electron chi connectivity index (χ4n) is 2.88. The van der Waals surface area contributed by atoms with Crippen LogP contribution in [0.2, 0.25) is 0 Å². The van der Waals surface area contributed by atoms with Gasteiger partial charge in [-0.25, -0.2) is 0 Å². The van der Waals surface area contributed by atoms with Crippen molar-refractivity contribution < 1.29 is 14.6 Å². The molecule has 114 valence electrons. The van der Waals surface area contributed by atoms with Gasteiger partial charge in [-0.15, -0.1) is 0 Å². The molecule has 1 heterocycles. The van der Waals surface area contributed by atoms with E-state index in [0.29, 0.717) is 12.1 Å². The topological polar surface area (TPSA) is 72.5 Å². The quantitative estimate of drug-likeness (QED) is 0.854. The van der Waals surface area contributed by atoms with Crippen molar-refractivity contribution in [2.45, 2.75) is 25.9 Å². The van der Waals surface area contributed by atoms with Gasteiger partial charge in [-0.3, -0.25) is 4.79 Å². The summed E-state index contributed by atoms with van der Waals surface area (Å²) in [6, 6.07) is 10.7. The lowest BCUT2D eigenvalue weighted by Crippen LogP contribution is -2.30. The Hall–Kier alpha value is -2.33. The second kappa shape index (κ2) is 5.81. The van der Waals surface area contributed by atoms with Gasteiger partial charge in [0.1, 0.15) is 17.6 Å². The monoisotopic (exact) mass is 297 g/mol. The van der Waals surface area contributed by atoms with E-state index in [1.54, 1.807) is 24.3 Å². The highest BCUT2D eigenvalue weighted by Gasteiger charge is 2.23. The van der Waals surface area contributed by atoms with E-state index in [9.17, 15) is 9.90 Å². The molecular formula is C18H19NO3. The van der Waals surface area contributed by atoms with Crippen LogP contribution >= 0.6 is 0 Å². The van der Waals surface area contributed by atoms with Gasteiger partial charge < -0.3 is 15.6 Å². The molecule has 0 bridgehead atoms. The summed E-state index contributed by atoms with van der Waals surface area (Å²) >= 11 is 0. The molecule has 3 rings (SSSR count). The molecule has 4 heteroatoms. The predicted molar refractivity (Wildman–Crippen MR) is 85.3 cm³/mol. The maximum Gasteiger partial charge on any atom is 0.159 e. The van der Waals surface area contributed by atoms with Crippen LogP contribution in [0, 0.1) is 0 Å². The van der Waals surface area contributed by atoms with Crippen molar-refractivity contribution in [2.24, 2.45) is 5.73 Å². The Morgan fingerprint density at radius 2 is 2.00 bits per heavy atom. The van der Waals surface area contributed by atoms with Crippen LogP contribution in [-0.4, -0.2) is 23.5 Å². The van der Waals surface area contributed by atoms with Gasteiger partial charge >= 0.3 is 0 Å². The van der Waals surface area contributed by atoms with Crippen LogP contribution < -0.4 is 10.5 Å². The number of ether oxygens (including phenoxy) is 1. The van der Waals surface area contributed by atoms with Gasteiger partial charge in [-0.05, 0) is 37.5 Å². The van der Waals surface area contributed by atoms with Crippen molar-refractivity contribution in [2.75, 3.05) is 6.54 Å². The molecule has 0 spiro atoms. The molecule has 0 saturated heterocycles. The van der Waals surface area contributed by atoms with Crippen molar-refractivity contribution >= 4 is 5.78 Å². The van der Waals surface area contributed by atoms with Crippen LogP contribution in [0.15, 0.2) is 36.4 Å². The molecule has 0 fully saturated rings. The number of fused-ring (bicyclic) bond motifs is 1. The van der Waals surface area contributed by atoms with Gasteiger partial charge in [0, 0.05) is 23.2 Å². The summed E-state index contributed by atoms with van der Waals surface area (Å²) in [5, 5.41) is 10.3. The number of rotatable bonds is 3. The summed E-state index contributed by atoms with van der Waals surface area (Å²) in [4.78, 5) is 11.4. The highest BCUT2D eigenvalue weighted by molar-refractivity contribution is 5.94. The van der Waals surface area contributed by atoms with Crippen LogP contribution in [0.25, 0.3) is 11.1 Å². The zero-order chi connectivity index (χ0) is 15.7. The average molecular weight is 297 g/mol. The molecule has 1 aliphatic rings. The fourth-order valence-corrected chi connectivity index (χ4v) is 2.88. The lowest BCUT2D eigenvalue weighted by atomic mass is 9.91. The molecular weight excluding hydrogens is 278 g/mol. The third-order valence-electron chi connectivity index (χ3n) is 4.10. The number of Topliss-reactive ketones (excluding diaryl/α,β-unsaturated/α-hetero) is 1. The average Bonchev–Trinajstić information content (AvgIpc) is 2.54. The molecule has 0 saturated carbocycles. The highest BCUT2D eigenvalue weighted by atomic mass is 16.5. The van der Waals surface area contributed by atoms with Crippen molar-refractivity contribution in [3.05, 3.63) is 47.5 Å². The summed E-state index contributed by atoms with van der Waals surface area (Å²) in [6.07, 6.45) is 1.69. The molecule has 2 aromatic rings. The Balaban J connectivity index is 2.05. The Labute approximate surface area is 129 Å². The minimum atomic E-state index is 0.0278. The summed E-state index contributed by atoms with van der Waals surface area (Å²) < 4.78 is 5.87. The fraction of sp³-hybridized carbons (Fsp3) is 0.278. The minimum Gasteiger partial charge on any atom is -0.507 e. The Morgan fingerprint density at radius 3 is 2.64 bits per heavy atom. The predicted octanol–water partition coefficient (Wildman–Crippen LogP) is 2.91. The van der Waals surface area contributed by atoms with E-state index in [-0.39, 0.29) is 17.6 Å². The number of carbonyl (C=O) groups excluding carboxylic acids is 1. The molecule has 3 N–H and O–H groups in total. The second-order valence-electron chi connectivity index (χ2n) is 5.58. The summed E-state index contributed by atoms with van der Waals surface area (Å²) in [5.74, 6) is 1.04. The number of phenolic OH excluding ortho intramolecular Hbond substituents is 1. The first kappa shape index (κ1) is 14.6. The van der Waals surface area contributed by atoms with Gasteiger partial charge in [0.05, 0.1) is 0 Å². The van der Waals surface area contributed by atoms with Crippen LogP contribution in [0.5, 0.6) is 11.5 Å². The number of hydrogen-bond donors (Lipinski definition) is 2. The maximum atomic E-state index is 11.4. The van der Waals surface area contributed by atoms with Crippen molar-refractivity contribution in [1.82, 2.24) is 0 Å². The zero-order valence-electron chi connectivity index (χ0n) is 12.5. The Kier molecular flexibility index (Phi) is 3.86. The molecule has 1 aliphatic heterocycles. The molecule has 4 nitrogen and oxygen atoms in total. The number of benzene rings is 2. The second-order valence-corrected chi connectivity index (χ2v) is 5.58. The van der Waals surface area contributed by atoms with Crippen LogP contribution in [-0.2, 0) is 6.42 Å². The summed E-state index contributed by atoms with van der Waals surface area (Å²) in [6.45, 7) is 2.03. The maximum absolute atomic E-state index is 11.4. The van der Waals surface area contributed by atoms with Gasteiger partial charge in [-0.2, -0.15) is 0 Å².